The van der Waals surface area contributed by atoms with E-state index >= 15 is 0 Å². The fourth-order valence-electron chi connectivity index (χ4n) is 2.01. The number of aromatic nitrogens is 2. The number of halogens is 3. The SMILES string of the molecule is FC(F)(F)c1cccc2cnc(-c3ccccc3)nc12. The van der Waals surface area contributed by atoms with Crippen LogP contribution in [-0.4, -0.2) is 9.97 Å². The minimum Gasteiger partial charge on any atom is -0.236 e. The van der Waals surface area contributed by atoms with Crippen LogP contribution in [0.5, 0.6) is 0 Å². The fraction of sp³-hybridized carbons (Fsp3) is 0.0667. The van der Waals surface area contributed by atoms with E-state index < -0.39 is 11.7 Å². The summed E-state index contributed by atoms with van der Waals surface area (Å²) in [6, 6.07) is 12.9. The molecule has 1 aromatic heterocycles. The molecule has 1 heterocycles. The Balaban J connectivity index is 2.25. The van der Waals surface area contributed by atoms with Gasteiger partial charge in [-0.1, -0.05) is 42.5 Å². The molecule has 0 unspecified atom stereocenters. The van der Waals surface area contributed by atoms with Crippen molar-refractivity contribution in [2.75, 3.05) is 0 Å². The van der Waals surface area contributed by atoms with Crippen molar-refractivity contribution < 1.29 is 13.2 Å². The molecule has 0 aliphatic rings. The first-order valence-electron chi connectivity index (χ1n) is 5.94. The molecule has 5 heteroatoms. The molecule has 0 aliphatic heterocycles. The van der Waals surface area contributed by atoms with E-state index in [9.17, 15) is 13.2 Å². The molecule has 0 spiro atoms. The number of para-hydroxylation sites is 1. The molecule has 0 fully saturated rings. The highest BCUT2D eigenvalue weighted by Crippen LogP contribution is 2.34. The molecule has 2 nitrogen and oxygen atoms in total. The molecule has 0 bridgehead atoms. The Labute approximate surface area is 112 Å². The number of nitrogens with zero attached hydrogens (tertiary/aromatic N) is 2. The summed E-state index contributed by atoms with van der Waals surface area (Å²) >= 11 is 0. The summed E-state index contributed by atoms with van der Waals surface area (Å²) < 4.78 is 39.0. The first kappa shape index (κ1) is 12.6. The number of benzene rings is 2. The maximum Gasteiger partial charge on any atom is 0.418 e. The largest absolute Gasteiger partial charge is 0.418 e. The zero-order valence-corrected chi connectivity index (χ0v) is 10.2. The Morgan fingerprint density at radius 2 is 1.60 bits per heavy atom. The second-order valence-corrected chi connectivity index (χ2v) is 4.30. The van der Waals surface area contributed by atoms with E-state index in [0.717, 1.165) is 6.07 Å². The molecule has 0 atom stereocenters. The van der Waals surface area contributed by atoms with Gasteiger partial charge < -0.3 is 0 Å². The predicted molar refractivity (Wildman–Crippen MR) is 70.0 cm³/mol. The molecule has 20 heavy (non-hydrogen) atoms. The highest BCUT2D eigenvalue weighted by atomic mass is 19.4. The maximum absolute atomic E-state index is 13.0. The van der Waals surface area contributed by atoms with Gasteiger partial charge >= 0.3 is 6.18 Å². The van der Waals surface area contributed by atoms with Crippen LogP contribution in [0.4, 0.5) is 13.2 Å². The van der Waals surface area contributed by atoms with Gasteiger partial charge in [-0.25, -0.2) is 9.97 Å². The third kappa shape index (κ3) is 2.22. The summed E-state index contributed by atoms with van der Waals surface area (Å²) in [4.78, 5) is 8.20. The van der Waals surface area contributed by atoms with E-state index in [4.69, 9.17) is 0 Å². The second kappa shape index (κ2) is 4.59. The van der Waals surface area contributed by atoms with Gasteiger partial charge in [0.15, 0.2) is 5.82 Å². The molecular formula is C15H9F3N2. The number of hydrogen-bond acceptors (Lipinski definition) is 2. The van der Waals surface area contributed by atoms with E-state index in [0.29, 0.717) is 10.9 Å². The van der Waals surface area contributed by atoms with Crippen LogP contribution in [-0.2, 0) is 6.18 Å². The van der Waals surface area contributed by atoms with Gasteiger partial charge in [0.1, 0.15) is 0 Å². The Hall–Kier alpha value is -2.43. The lowest BCUT2D eigenvalue weighted by Gasteiger charge is -2.10. The molecule has 3 rings (SSSR count). The highest BCUT2D eigenvalue weighted by Gasteiger charge is 2.33. The molecule has 2 aromatic carbocycles. The first-order chi connectivity index (χ1) is 9.55. The number of fused-ring (bicyclic) bond motifs is 1. The lowest BCUT2D eigenvalue weighted by atomic mass is 10.1. The Morgan fingerprint density at radius 1 is 0.850 bits per heavy atom. The monoisotopic (exact) mass is 274 g/mol. The number of rotatable bonds is 1. The topological polar surface area (TPSA) is 25.8 Å². The summed E-state index contributed by atoms with van der Waals surface area (Å²) in [6.07, 6.45) is -3.01. The average molecular weight is 274 g/mol. The van der Waals surface area contributed by atoms with Gasteiger partial charge in [-0.3, -0.25) is 0 Å². The zero-order chi connectivity index (χ0) is 14.2. The Kier molecular flexibility index (Phi) is 2.89. The molecule has 0 radical (unpaired) electrons. The minimum absolute atomic E-state index is 0.0751. The Morgan fingerprint density at radius 3 is 2.30 bits per heavy atom. The van der Waals surface area contributed by atoms with Crippen LogP contribution >= 0.6 is 0 Å². The van der Waals surface area contributed by atoms with Gasteiger partial charge in [0.2, 0.25) is 0 Å². The first-order valence-corrected chi connectivity index (χ1v) is 5.94. The molecule has 0 aliphatic carbocycles. The van der Waals surface area contributed by atoms with Crippen LogP contribution in [0.3, 0.4) is 0 Å². The molecular weight excluding hydrogens is 265 g/mol. The van der Waals surface area contributed by atoms with Crippen LogP contribution in [0.15, 0.2) is 54.7 Å². The van der Waals surface area contributed by atoms with Crippen molar-refractivity contribution >= 4 is 10.9 Å². The summed E-state index contributed by atoms with van der Waals surface area (Å²) in [6.45, 7) is 0. The predicted octanol–water partition coefficient (Wildman–Crippen LogP) is 4.32. The number of hydrogen-bond donors (Lipinski definition) is 0. The van der Waals surface area contributed by atoms with E-state index in [2.05, 4.69) is 9.97 Å². The van der Waals surface area contributed by atoms with Crippen LogP contribution in [0.25, 0.3) is 22.3 Å². The fourth-order valence-corrected chi connectivity index (χ4v) is 2.01. The smallest absolute Gasteiger partial charge is 0.236 e. The minimum atomic E-state index is -4.43. The summed E-state index contributed by atoms with van der Waals surface area (Å²) in [5, 5.41) is 0.375. The summed E-state index contributed by atoms with van der Waals surface area (Å²) in [5.74, 6) is 0.287. The molecule has 0 amide bonds. The van der Waals surface area contributed by atoms with Crippen molar-refractivity contribution in [3.8, 4) is 11.4 Å². The van der Waals surface area contributed by atoms with Gasteiger partial charge in [-0.2, -0.15) is 13.2 Å². The third-order valence-electron chi connectivity index (χ3n) is 2.95. The van der Waals surface area contributed by atoms with Gasteiger partial charge in [-0.15, -0.1) is 0 Å². The normalized spacial score (nSPS) is 11.8. The van der Waals surface area contributed by atoms with Gasteiger partial charge in [0, 0.05) is 17.1 Å². The molecule has 100 valence electrons. The van der Waals surface area contributed by atoms with E-state index in [1.54, 1.807) is 30.3 Å². The molecule has 3 aromatic rings. The quantitative estimate of drug-likeness (QED) is 0.660. The van der Waals surface area contributed by atoms with E-state index in [-0.39, 0.29) is 11.3 Å². The molecule has 0 saturated heterocycles. The molecule has 0 N–H and O–H groups in total. The lowest BCUT2D eigenvalue weighted by Crippen LogP contribution is -2.07. The van der Waals surface area contributed by atoms with Crippen LogP contribution in [0, 0.1) is 0 Å². The van der Waals surface area contributed by atoms with Crippen molar-refractivity contribution in [3.63, 3.8) is 0 Å². The zero-order valence-electron chi connectivity index (χ0n) is 10.2. The van der Waals surface area contributed by atoms with Gasteiger partial charge in [0.25, 0.3) is 0 Å². The number of alkyl halides is 3. The van der Waals surface area contributed by atoms with Crippen LogP contribution < -0.4 is 0 Å². The van der Waals surface area contributed by atoms with Gasteiger partial charge in [-0.05, 0) is 6.07 Å². The standard InChI is InChI=1S/C15H9F3N2/c16-15(17,18)12-8-4-7-11-9-19-14(20-13(11)12)10-5-2-1-3-6-10/h1-9H. The second-order valence-electron chi connectivity index (χ2n) is 4.30. The maximum atomic E-state index is 13.0. The van der Waals surface area contributed by atoms with E-state index in [1.807, 2.05) is 6.07 Å². The highest BCUT2D eigenvalue weighted by molar-refractivity contribution is 5.83. The van der Waals surface area contributed by atoms with Crippen LogP contribution in [0.1, 0.15) is 5.56 Å². The van der Waals surface area contributed by atoms with E-state index in [1.165, 1.54) is 12.3 Å². The summed E-state index contributed by atoms with van der Waals surface area (Å²) in [5.41, 5.74) is -0.130. The van der Waals surface area contributed by atoms with Gasteiger partial charge in [0.05, 0.1) is 11.1 Å². The molecule has 0 saturated carbocycles. The lowest BCUT2D eigenvalue weighted by molar-refractivity contribution is -0.136. The summed E-state index contributed by atoms with van der Waals surface area (Å²) in [7, 11) is 0. The van der Waals surface area contributed by atoms with Crippen molar-refractivity contribution in [2.24, 2.45) is 0 Å². The van der Waals surface area contributed by atoms with Crippen molar-refractivity contribution in [2.45, 2.75) is 6.18 Å². The third-order valence-corrected chi connectivity index (χ3v) is 2.95. The van der Waals surface area contributed by atoms with Crippen LogP contribution in [0.2, 0.25) is 0 Å². The van der Waals surface area contributed by atoms with Crippen molar-refractivity contribution in [1.29, 1.82) is 0 Å². The Bertz CT molecular complexity index is 752. The van der Waals surface area contributed by atoms with Crippen molar-refractivity contribution in [3.05, 3.63) is 60.3 Å². The average Bonchev–Trinajstić information content (AvgIpc) is 2.46. The van der Waals surface area contributed by atoms with Crippen molar-refractivity contribution in [1.82, 2.24) is 9.97 Å².